The Morgan fingerprint density at radius 2 is 1.68 bits per heavy atom. The molecule has 158 valence electrons. The minimum absolute atomic E-state index is 0.0235. The first-order valence-corrected chi connectivity index (χ1v) is 10.6. The van der Waals surface area contributed by atoms with Gasteiger partial charge in [-0.2, -0.15) is 0 Å². The van der Waals surface area contributed by atoms with Crippen LogP contribution in [0.2, 0.25) is 0 Å². The lowest BCUT2D eigenvalue weighted by molar-refractivity contribution is -0.121. The molecular weight excluding hydrogens is 388 g/mol. The zero-order chi connectivity index (χ0) is 21.5. The van der Waals surface area contributed by atoms with Crippen LogP contribution in [0.5, 0.6) is 0 Å². The molecule has 0 radical (unpaired) electrons. The predicted molar refractivity (Wildman–Crippen MR) is 122 cm³/mol. The largest absolute Gasteiger partial charge is 0.326 e. The number of pyridine rings is 1. The van der Waals surface area contributed by atoms with Gasteiger partial charge in [0.15, 0.2) is 0 Å². The third-order valence-corrected chi connectivity index (χ3v) is 5.46. The molecule has 31 heavy (non-hydrogen) atoms. The van der Waals surface area contributed by atoms with Gasteiger partial charge in [-0.3, -0.25) is 19.5 Å². The van der Waals surface area contributed by atoms with Crippen molar-refractivity contribution in [3.8, 4) is 0 Å². The first-order chi connectivity index (χ1) is 15.2. The highest BCUT2D eigenvalue weighted by molar-refractivity contribution is 6.04. The Balaban J connectivity index is 1.35. The van der Waals surface area contributed by atoms with Crippen LogP contribution in [0.3, 0.4) is 0 Å². The standard InChI is InChI=1S/C25H26N4O2/c30-24(20-11-13-26-14-12-20)27-22-9-4-10-23(16-22)28-25(31)21-8-5-15-29(18-21)17-19-6-2-1-3-7-19/h1-4,6-7,9-14,16,21H,5,8,15,17-18H2,(H,27,30)(H,28,31). The average Bonchev–Trinajstić information content (AvgIpc) is 2.81. The normalized spacial score (nSPS) is 16.5. The van der Waals surface area contributed by atoms with Crippen molar-refractivity contribution in [3.63, 3.8) is 0 Å². The van der Waals surface area contributed by atoms with Gasteiger partial charge < -0.3 is 10.6 Å². The summed E-state index contributed by atoms with van der Waals surface area (Å²) in [6.45, 7) is 2.62. The van der Waals surface area contributed by atoms with Crippen molar-refractivity contribution in [3.05, 3.63) is 90.3 Å². The van der Waals surface area contributed by atoms with Gasteiger partial charge in [-0.1, -0.05) is 36.4 Å². The minimum Gasteiger partial charge on any atom is -0.326 e. The number of hydrogen-bond donors (Lipinski definition) is 2. The van der Waals surface area contributed by atoms with Crippen LogP contribution in [0.1, 0.15) is 28.8 Å². The predicted octanol–water partition coefficient (Wildman–Crippen LogP) is 4.18. The van der Waals surface area contributed by atoms with Crippen molar-refractivity contribution in [2.75, 3.05) is 23.7 Å². The lowest BCUT2D eigenvalue weighted by Crippen LogP contribution is -2.40. The van der Waals surface area contributed by atoms with Gasteiger partial charge in [0.1, 0.15) is 0 Å². The fourth-order valence-electron chi connectivity index (χ4n) is 3.88. The summed E-state index contributed by atoms with van der Waals surface area (Å²) in [7, 11) is 0. The number of aromatic nitrogens is 1. The Kier molecular flexibility index (Phi) is 6.69. The van der Waals surface area contributed by atoms with Crippen molar-refractivity contribution in [1.82, 2.24) is 9.88 Å². The number of nitrogens with one attached hydrogen (secondary N) is 2. The summed E-state index contributed by atoms with van der Waals surface area (Å²) in [4.78, 5) is 31.5. The van der Waals surface area contributed by atoms with Gasteiger partial charge in [-0.15, -0.1) is 0 Å². The van der Waals surface area contributed by atoms with Gasteiger partial charge in [-0.25, -0.2) is 0 Å². The molecular formula is C25H26N4O2. The van der Waals surface area contributed by atoms with Gasteiger partial charge in [0.2, 0.25) is 5.91 Å². The van der Waals surface area contributed by atoms with E-state index in [9.17, 15) is 9.59 Å². The lowest BCUT2D eigenvalue weighted by Gasteiger charge is -2.32. The molecule has 1 atom stereocenters. The molecule has 1 aromatic heterocycles. The van der Waals surface area contributed by atoms with Crippen molar-refractivity contribution in [2.24, 2.45) is 5.92 Å². The zero-order valence-electron chi connectivity index (χ0n) is 17.3. The fourth-order valence-corrected chi connectivity index (χ4v) is 3.88. The number of likely N-dealkylation sites (tertiary alicyclic amines) is 1. The van der Waals surface area contributed by atoms with E-state index in [4.69, 9.17) is 0 Å². The number of hydrogen-bond acceptors (Lipinski definition) is 4. The molecule has 2 N–H and O–H groups in total. The van der Waals surface area contributed by atoms with Gasteiger partial charge in [-0.05, 0) is 55.3 Å². The highest BCUT2D eigenvalue weighted by Crippen LogP contribution is 2.22. The van der Waals surface area contributed by atoms with Crippen LogP contribution in [0.4, 0.5) is 11.4 Å². The number of carbonyl (C=O) groups excluding carboxylic acids is 2. The molecule has 1 aliphatic rings. The molecule has 0 saturated carbocycles. The quantitative estimate of drug-likeness (QED) is 0.634. The van der Waals surface area contributed by atoms with Crippen LogP contribution in [-0.2, 0) is 11.3 Å². The maximum absolute atomic E-state index is 12.9. The summed E-state index contributed by atoms with van der Waals surface area (Å²) < 4.78 is 0. The Morgan fingerprint density at radius 1 is 0.935 bits per heavy atom. The highest BCUT2D eigenvalue weighted by atomic mass is 16.2. The average molecular weight is 415 g/mol. The summed E-state index contributed by atoms with van der Waals surface area (Å²) in [5, 5.41) is 5.88. The van der Waals surface area contributed by atoms with Crippen molar-refractivity contribution >= 4 is 23.2 Å². The summed E-state index contributed by atoms with van der Waals surface area (Å²) in [5.74, 6) is -0.238. The molecule has 0 bridgehead atoms. The number of rotatable bonds is 6. The number of amides is 2. The number of nitrogens with zero attached hydrogens (tertiary/aromatic N) is 2. The second-order valence-corrected chi connectivity index (χ2v) is 7.82. The Bertz CT molecular complexity index is 1020. The van der Waals surface area contributed by atoms with E-state index < -0.39 is 0 Å². The molecule has 2 heterocycles. The molecule has 1 saturated heterocycles. The van der Waals surface area contributed by atoms with Gasteiger partial charge in [0.25, 0.3) is 5.91 Å². The van der Waals surface area contributed by atoms with Crippen LogP contribution in [-0.4, -0.2) is 34.8 Å². The van der Waals surface area contributed by atoms with E-state index in [0.717, 1.165) is 32.5 Å². The van der Waals surface area contributed by atoms with E-state index in [2.05, 4.69) is 32.7 Å². The summed E-state index contributed by atoms with van der Waals surface area (Å²) in [6, 6.07) is 20.9. The van der Waals surface area contributed by atoms with E-state index in [1.54, 1.807) is 36.7 Å². The van der Waals surface area contributed by atoms with Crippen LogP contribution < -0.4 is 10.6 Å². The molecule has 0 aliphatic carbocycles. The Labute approximate surface area is 182 Å². The molecule has 6 heteroatoms. The van der Waals surface area contributed by atoms with Crippen molar-refractivity contribution in [1.29, 1.82) is 0 Å². The Morgan fingerprint density at radius 3 is 2.45 bits per heavy atom. The zero-order valence-corrected chi connectivity index (χ0v) is 17.3. The van der Waals surface area contributed by atoms with Crippen LogP contribution in [0.15, 0.2) is 79.1 Å². The second kappa shape index (κ2) is 10.00. The van der Waals surface area contributed by atoms with E-state index in [0.29, 0.717) is 16.9 Å². The summed E-state index contributed by atoms with van der Waals surface area (Å²) >= 11 is 0. The molecule has 2 aromatic carbocycles. The van der Waals surface area contributed by atoms with Gasteiger partial charge >= 0.3 is 0 Å². The molecule has 2 amide bonds. The maximum Gasteiger partial charge on any atom is 0.255 e. The maximum atomic E-state index is 12.9. The fraction of sp³-hybridized carbons (Fsp3) is 0.240. The van der Waals surface area contributed by atoms with Crippen molar-refractivity contribution < 1.29 is 9.59 Å². The molecule has 4 rings (SSSR count). The van der Waals surface area contributed by atoms with E-state index in [1.807, 2.05) is 30.3 Å². The first kappa shape index (κ1) is 20.8. The molecule has 0 spiro atoms. The minimum atomic E-state index is -0.213. The molecule has 6 nitrogen and oxygen atoms in total. The van der Waals surface area contributed by atoms with Crippen LogP contribution in [0.25, 0.3) is 0 Å². The van der Waals surface area contributed by atoms with Gasteiger partial charge in [0.05, 0.1) is 5.92 Å². The number of carbonyl (C=O) groups is 2. The third-order valence-electron chi connectivity index (χ3n) is 5.46. The van der Waals surface area contributed by atoms with E-state index in [1.165, 1.54) is 5.56 Å². The van der Waals surface area contributed by atoms with Crippen molar-refractivity contribution in [2.45, 2.75) is 19.4 Å². The summed E-state index contributed by atoms with van der Waals surface area (Å²) in [5.41, 5.74) is 3.11. The van der Waals surface area contributed by atoms with E-state index in [-0.39, 0.29) is 17.7 Å². The third kappa shape index (κ3) is 5.77. The van der Waals surface area contributed by atoms with Crippen LogP contribution >= 0.6 is 0 Å². The first-order valence-electron chi connectivity index (χ1n) is 10.6. The summed E-state index contributed by atoms with van der Waals surface area (Å²) in [6.07, 6.45) is 5.05. The second-order valence-electron chi connectivity index (χ2n) is 7.82. The molecule has 1 aliphatic heterocycles. The van der Waals surface area contributed by atoms with E-state index >= 15 is 0 Å². The van der Waals surface area contributed by atoms with Crippen LogP contribution in [0, 0.1) is 5.92 Å². The number of benzene rings is 2. The molecule has 1 fully saturated rings. The Hall–Kier alpha value is -3.51. The SMILES string of the molecule is O=C(Nc1cccc(NC(=O)C2CCCN(Cc3ccccc3)C2)c1)c1ccncc1. The monoisotopic (exact) mass is 414 g/mol. The smallest absolute Gasteiger partial charge is 0.255 e. The topological polar surface area (TPSA) is 74.3 Å². The number of piperidine rings is 1. The molecule has 3 aromatic rings. The number of anilines is 2. The van der Waals surface area contributed by atoms with Gasteiger partial charge in [0, 0.05) is 42.4 Å². The highest BCUT2D eigenvalue weighted by Gasteiger charge is 2.26. The molecule has 1 unspecified atom stereocenters. The lowest BCUT2D eigenvalue weighted by atomic mass is 9.96.